The third-order valence-corrected chi connectivity index (χ3v) is 4.21. The zero-order chi connectivity index (χ0) is 19.7. The predicted molar refractivity (Wildman–Crippen MR) is 103 cm³/mol. The summed E-state index contributed by atoms with van der Waals surface area (Å²) in [6.07, 6.45) is 1.34. The van der Waals surface area contributed by atoms with Crippen molar-refractivity contribution in [2.75, 3.05) is 0 Å². The number of nitro groups is 1. The lowest BCUT2D eigenvalue weighted by atomic mass is 10.1. The van der Waals surface area contributed by atoms with Crippen LogP contribution in [0.1, 0.15) is 22.4 Å². The number of nitro benzene ring substituents is 1. The van der Waals surface area contributed by atoms with Gasteiger partial charge in [-0.25, -0.2) is 4.68 Å². The van der Waals surface area contributed by atoms with Gasteiger partial charge in [-0.2, -0.15) is 0 Å². The second kappa shape index (κ2) is 6.91. The average Bonchev–Trinajstić information content (AvgIpc) is 2.88. The van der Waals surface area contributed by atoms with E-state index in [0.717, 1.165) is 22.9 Å². The Bertz CT molecular complexity index is 1130. The van der Waals surface area contributed by atoms with Crippen molar-refractivity contribution in [1.29, 1.82) is 0 Å². The van der Waals surface area contributed by atoms with Gasteiger partial charge in [-0.05, 0) is 38.5 Å². The summed E-state index contributed by atoms with van der Waals surface area (Å²) in [5.41, 5.74) is 3.38. The van der Waals surface area contributed by atoms with E-state index in [1.165, 1.54) is 23.0 Å². The maximum Gasteiger partial charge on any atom is 0.280 e. The van der Waals surface area contributed by atoms with Gasteiger partial charge in [0.05, 0.1) is 22.2 Å². The van der Waals surface area contributed by atoms with Crippen LogP contribution < -0.4 is 5.56 Å². The smallest absolute Gasteiger partial charge is 0.280 e. The van der Waals surface area contributed by atoms with E-state index in [1.807, 2.05) is 32.0 Å². The van der Waals surface area contributed by atoms with Crippen molar-refractivity contribution in [2.45, 2.75) is 20.8 Å². The van der Waals surface area contributed by atoms with Crippen molar-refractivity contribution < 1.29 is 10.0 Å². The molecule has 0 aliphatic rings. The minimum absolute atomic E-state index is 0.138. The first-order valence-corrected chi connectivity index (χ1v) is 8.18. The Morgan fingerprint density at radius 1 is 1.19 bits per heavy atom. The van der Waals surface area contributed by atoms with Gasteiger partial charge >= 0.3 is 0 Å². The Hall–Kier alpha value is -3.68. The molecule has 1 aromatic heterocycles. The lowest BCUT2D eigenvalue weighted by molar-refractivity contribution is -0.384. The normalized spacial score (nSPS) is 11.2. The Balaban J connectivity index is 1.99. The maximum atomic E-state index is 12.8. The number of rotatable bonds is 4. The molecule has 8 heteroatoms. The standard InChI is InChI=1S/C19H18N4O4/c1-11-4-7-17(12(2)8-11)22-19(25)15(13(3)21-22)10-20-16-6-5-14(23(26)27)9-18(16)24/h4-10,21,24H,1-3H3. The summed E-state index contributed by atoms with van der Waals surface area (Å²) in [5, 5.41) is 23.6. The van der Waals surface area contributed by atoms with E-state index in [2.05, 4.69) is 10.1 Å². The zero-order valence-corrected chi connectivity index (χ0v) is 15.1. The van der Waals surface area contributed by atoms with Gasteiger partial charge in [0.25, 0.3) is 11.2 Å². The van der Waals surface area contributed by atoms with Crippen molar-refractivity contribution in [3.8, 4) is 11.4 Å². The second-order valence-corrected chi connectivity index (χ2v) is 6.27. The molecule has 138 valence electrons. The highest BCUT2D eigenvalue weighted by atomic mass is 16.6. The third kappa shape index (κ3) is 3.50. The largest absolute Gasteiger partial charge is 0.505 e. The molecule has 0 saturated heterocycles. The molecule has 0 spiro atoms. The summed E-state index contributed by atoms with van der Waals surface area (Å²) in [6, 6.07) is 9.36. The fraction of sp³-hybridized carbons (Fsp3) is 0.158. The number of nitrogens with zero attached hydrogens (tertiary/aromatic N) is 3. The van der Waals surface area contributed by atoms with Gasteiger partial charge in [0.1, 0.15) is 11.4 Å². The van der Waals surface area contributed by atoms with Crippen molar-refractivity contribution >= 4 is 17.6 Å². The highest BCUT2D eigenvalue weighted by molar-refractivity contribution is 5.83. The first-order valence-electron chi connectivity index (χ1n) is 8.18. The molecule has 0 atom stereocenters. The Kier molecular flexibility index (Phi) is 4.64. The van der Waals surface area contributed by atoms with E-state index < -0.39 is 4.92 Å². The summed E-state index contributed by atoms with van der Waals surface area (Å²) < 4.78 is 1.45. The van der Waals surface area contributed by atoms with Crippen molar-refractivity contribution in [3.63, 3.8) is 0 Å². The van der Waals surface area contributed by atoms with Crippen molar-refractivity contribution in [1.82, 2.24) is 9.78 Å². The molecule has 0 bridgehead atoms. The summed E-state index contributed by atoms with van der Waals surface area (Å²) >= 11 is 0. The van der Waals surface area contributed by atoms with Crippen LogP contribution in [0.15, 0.2) is 46.2 Å². The van der Waals surface area contributed by atoms with Gasteiger partial charge in [-0.15, -0.1) is 0 Å². The molecule has 1 heterocycles. The fourth-order valence-electron chi connectivity index (χ4n) is 2.81. The van der Waals surface area contributed by atoms with E-state index in [-0.39, 0.29) is 22.7 Å². The minimum atomic E-state index is -0.605. The van der Waals surface area contributed by atoms with Crippen LogP contribution >= 0.6 is 0 Å². The van der Waals surface area contributed by atoms with Gasteiger partial charge in [-0.3, -0.25) is 25.0 Å². The average molecular weight is 366 g/mol. The minimum Gasteiger partial charge on any atom is -0.505 e. The second-order valence-electron chi connectivity index (χ2n) is 6.27. The molecule has 0 aliphatic carbocycles. The zero-order valence-electron chi connectivity index (χ0n) is 15.1. The van der Waals surface area contributed by atoms with Gasteiger partial charge in [-0.1, -0.05) is 17.7 Å². The van der Waals surface area contributed by atoms with Crippen LogP contribution in [-0.4, -0.2) is 26.0 Å². The number of phenolic OH excluding ortho intramolecular Hbond substituents is 1. The number of benzene rings is 2. The van der Waals surface area contributed by atoms with Crippen LogP contribution in [0, 0.1) is 30.9 Å². The molecule has 8 nitrogen and oxygen atoms in total. The van der Waals surface area contributed by atoms with Gasteiger partial charge in [0.2, 0.25) is 0 Å². The summed E-state index contributed by atoms with van der Waals surface area (Å²) in [4.78, 5) is 27.0. The van der Waals surface area contributed by atoms with Crippen LogP contribution in [0.2, 0.25) is 0 Å². The van der Waals surface area contributed by atoms with Crippen molar-refractivity contribution in [3.05, 3.63) is 79.3 Å². The monoisotopic (exact) mass is 366 g/mol. The molecule has 0 saturated carbocycles. The molecule has 27 heavy (non-hydrogen) atoms. The van der Waals surface area contributed by atoms with Crippen LogP contribution in [0.25, 0.3) is 5.69 Å². The van der Waals surface area contributed by atoms with E-state index >= 15 is 0 Å². The number of aromatic amines is 1. The van der Waals surface area contributed by atoms with Crippen LogP contribution in [0.3, 0.4) is 0 Å². The lowest BCUT2D eigenvalue weighted by Crippen LogP contribution is -2.18. The SMILES string of the molecule is Cc1ccc(-n2[nH]c(C)c(C=Nc3ccc([N+](=O)[O-])cc3O)c2=O)c(C)c1. The number of phenols is 1. The van der Waals surface area contributed by atoms with Gasteiger partial charge < -0.3 is 5.11 Å². The number of nitrogens with one attached hydrogen (secondary N) is 1. The Labute approximate surface area is 154 Å². The number of hydrogen-bond donors (Lipinski definition) is 2. The number of aliphatic imine (C=N–C) groups is 1. The maximum absolute atomic E-state index is 12.8. The number of aromatic nitrogens is 2. The molecule has 3 rings (SSSR count). The number of aromatic hydroxyl groups is 1. The summed E-state index contributed by atoms with van der Waals surface area (Å²) in [6.45, 7) is 5.65. The molecule has 3 aromatic rings. The molecular weight excluding hydrogens is 348 g/mol. The van der Waals surface area contributed by atoms with Crippen LogP contribution in [0.4, 0.5) is 11.4 Å². The molecular formula is C19H18N4O4. The van der Waals surface area contributed by atoms with E-state index in [1.54, 1.807) is 6.92 Å². The first-order chi connectivity index (χ1) is 12.8. The molecule has 0 amide bonds. The van der Waals surface area contributed by atoms with E-state index in [0.29, 0.717) is 11.3 Å². The lowest BCUT2D eigenvalue weighted by Gasteiger charge is -2.06. The molecule has 2 aromatic carbocycles. The summed E-state index contributed by atoms with van der Waals surface area (Å²) in [7, 11) is 0. The van der Waals surface area contributed by atoms with E-state index in [9.17, 15) is 20.0 Å². The van der Waals surface area contributed by atoms with Crippen LogP contribution in [0.5, 0.6) is 5.75 Å². The Morgan fingerprint density at radius 3 is 2.56 bits per heavy atom. The highest BCUT2D eigenvalue weighted by Gasteiger charge is 2.13. The fourth-order valence-corrected chi connectivity index (χ4v) is 2.81. The summed E-state index contributed by atoms with van der Waals surface area (Å²) in [5.74, 6) is -0.330. The topological polar surface area (TPSA) is 114 Å². The number of H-pyrrole nitrogens is 1. The molecule has 0 aliphatic heterocycles. The van der Waals surface area contributed by atoms with E-state index in [4.69, 9.17) is 0 Å². The van der Waals surface area contributed by atoms with Gasteiger partial charge in [0.15, 0.2) is 0 Å². The molecule has 0 fully saturated rings. The van der Waals surface area contributed by atoms with Crippen LogP contribution in [-0.2, 0) is 0 Å². The number of aryl methyl sites for hydroxylation is 3. The third-order valence-electron chi connectivity index (χ3n) is 4.21. The highest BCUT2D eigenvalue weighted by Crippen LogP contribution is 2.30. The number of non-ortho nitro benzene ring substituents is 1. The van der Waals surface area contributed by atoms with Gasteiger partial charge in [0, 0.05) is 18.0 Å². The van der Waals surface area contributed by atoms with Crippen molar-refractivity contribution in [2.24, 2.45) is 4.99 Å². The quantitative estimate of drug-likeness (QED) is 0.418. The molecule has 0 radical (unpaired) electrons. The number of hydrogen-bond acceptors (Lipinski definition) is 5. The molecule has 2 N–H and O–H groups in total. The molecule has 0 unspecified atom stereocenters. The first kappa shape index (κ1) is 18.1. The Morgan fingerprint density at radius 2 is 1.93 bits per heavy atom. The predicted octanol–water partition coefficient (Wildman–Crippen LogP) is 3.46.